The zero-order valence-corrected chi connectivity index (χ0v) is 16.2. The Morgan fingerprint density at radius 1 is 1.13 bits per heavy atom. The molecule has 0 atom stereocenters. The summed E-state index contributed by atoms with van der Waals surface area (Å²) in [5, 5.41) is 4.80. The molecule has 0 bridgehead atoms. The van der Waals surface area contributed by atoms with Crippen molar-refractivity contribution in [2.45, 2.75) is 6.04 Å². The van der Waals surface area contributed by atoms with E-state index in [0.29, 0.717) is 17.9 Å². The first kappa shape index (κ1) is 18.3. The zero-order valence-electron chi connectivity index (χ0n) is 16.2. The molecule has 0 spiro atoms. The molecule has 0 radical (unpaired) electrons. The molecular weight excluding hydrogens is 380 g/mol. The number of aliphatic imine (C=N–C) groups is 1. The maximum atomic E-state index is 12.7. The Hall–Kier alpha value is -3.78. The molecule has 2 aliphatic heterocycles. The van der Waals surface area contributed by atoms with E-state index in [9.17, 15) is 4.79 Å². The number of ether oxygens (including phenoxy) is 1. The highest BCUT2D eigenvalue weighted by Gasteiger charge is 2.24. The van der Waals surface area contributed by atoms with E-state index in [0.717, 1.165) is 41.0 Å². The molecule has 0 aliphatic carbocycles. The van der Waals surface area contributed by atoms with Crippen molar-refractivity contribution < 1.29 is 9.53 Å². The van der Waals surface area contributed by atoms with Crippen molar-refractivity contribution in [1.29, 1.82) is 0 Å². The number of pyridine rings is 2. The van der Waals surface area contributed by atoms with Gasteiger partial charge in [0.25, 0.3) is 5.91 Å². The lowest BCUT2D eigenvalue weighted by atomic mass is 10.1. The second-order valence-electron chi connectivity index (χ2n) is 7.31. The molecule has 1 fully saturated rings. The number of hydrogen-bond acceptors (Lipinski definition) is 7. The maximum Gasteiger partial charge on any atom is 0.257 e. The van der Waals surface area contributed by atoms with Gasteiger partial charge in [-0.05, 0) is 35.7 Å². The fourth-order valence-corrected chi connectivity index (χ4v) is 3.49. The second kappa shape index (κ2) is 7.57. The van der Waals surface area contributed by atoms with Gasteiger partial charge in [-0.25, -0.2) is 9.97 Å². The third-order valence-corrected chi connectivity index (χ3v) is 5.13. The van der Waals surface area contributed by atoms with Crippen LogP contribution in [0.2, 0.25) is 0 Å². The van der Waals surface area contributed by atoms with E-state index in [1.807, 2.05) is 35.2 Å². The highest BCUT2D eigenvalue weighted by molar-refractivity contribution is 6.05. The molecule has 4 heterocycles. The summed E-state index contributed by atoms with van der Waals surface area (Å²) in [6.07, 6.45) is 6.76. The highest BCUT2D eigenvalue weighted by atomic mass is 16.5. The number of aromatic nitrogens is 2. The van der Waals surface area contributed by atoms with Crippen LogP contribution in [0.4, 0.5) is 11.6 Å². The molecule has 3 aromatic rings. The van der Waals surface area contributed by atoms with Gasteiger partial charge in [0, 0.05) is 48.0 Å². The maximum absolute atomic E-state index is 12.7. The van der Waals surface area contributed by atoms with Crippen LogP contribution >= 0.6 is 0 Å². The lowest BCUT2D eigenvalue weighted by molar-refractivity contribution is 0.102. The van der Waals surface area contributed by atoms with E-state index < -0.39 is 0 Å². The number of fused-ring (bicyclic) bond motifs is 1. The first-order valence-corrected chi connectivity index (χ1v) is 9.69. The Morgan fingerprint density at radius 2 is 2.03 bits per heavy atom. The van der Waals surface area contributed by atoms with Gasteiger partial charge in [-0.15, -0.1) is 0 Å². The van der Waals surface area contributed by atoms with E-state index >= 15 is 0 Å². The zero-order chi connectivity index (χ0) is 20.5. The van der Waals surface area contributed by atoms with Gasteiger partial charge >= 0.3 is 0 Å². The lowest BCUT2D eigenvalue weighted by Crippen LogP contribution is -2.56. The van der Waals surface area contributed by atoms with Crippen molar-refractivity contribution in [3.63, 3.8) is 0 Å². The largest absolute Gasteiger partial charge is 0.446 e. The van der Waals surface area contributed by atoms with Crippen molar-refractivity contribution in [3.8, 4) is 0 Å². The van der Waals surface area contributed by atoms with Gasteiger partial charge in [-0.3, -0.25) is 9.79 Å². The standard InChI is InChI=1S/C22H20N6O2/c23-18-11-28(12-18)21-9-15(3-6-25-21)22(29)27-20-8-17-7-14(1-2-16(17)10-26-20)19-4-5-24-13-30-19/h1-4,6-10,13,18H,5,11-12,23H2,(H,26,27,29). The SMILES string of the molecule is NC1CN(c2cc(C(=O)Nc3cc4cc(C5=CCN=CO5)ccc4cn3)ccn2)C1. The molecule has 1 aromatic carbocycles. The Labute approximate surface area is 173 Å². The summed E-state index contributed by atoms with van der Waals surface area (Å²) in [7, 11) is 0. The van der Waals surface area contributed by atoms with Crippen LogP contribution in [0.15, 0.2) is 59.9 Å². The molecule has 0 unspecified atom stereocenters. The number of carbonyl (C=O) groups is 1. The minimum Gasteiger partial charge on any atom is -0.446 e. The van der Waals surface area contributed by atoms with Crippen LogP contribution in [0.1, 0.15) is 15.9 Å². The average Bonchev–Trinajstić information content (AvgIpc) is 2.77. The van der Waals surface area contributed by atoms with E-state index in [4.69, 9.17) is 10.5 Å². The molecule has 0 saturated carbocycles. The minimum atomic E-state index is -0.235. The van der Waals surface area contributed by atoms with Crippen LogP contribution in [0.25, 0.3) is 16.5 Å². The van der Waals surface area contributed by atoms with Crippen molar-refractivity contribution in [2.24, 2.45) is 10.7 Å². The summed E-state index contributed by atoms with van der Waals surface area (Å²) < 4.78 is 5.48. The number of amides is 1. The normalized spacial score (nSPS) is 16.0. The van der Waals surface area contributed by atoms with Gasteiger partial charge in [0.1, 0.15) is 17.4 Å². The molecule has 3 N–H and O–H groups in total. The number of rotatable bonds is 4. The first-order chi connectivity index (χ1) is 14.7. The molecule has 2 aliphatic rings. The summed E-state index contributed by atoms with van der Waals surface area (Å²) >= 11 is 0. The van der Waals surface area contributed by atoms with E-state index in [1.165, 1.54) is 6.40 Å². The molecule has 2 aromatic heterocycles. The van der Waals surface area contributed by atoms with Gasteiger partial charge in [0.2, 0.25) is 0 Å². The third-order valence-electron chi connectivity index (χ3n) is 5.13. The predicted molar refractivity (Wildman–Crippen MR) is 117 cm³/mol. The van der Waals surface area contributed by atoms with E-state index in [1.54, 1.807) is 24.5 Å². The van der Waals surface area contributed by atoms with Gasteiger partial charge in [-0.1, -0.05) is 12.1 Å². The first-order valence-electron chi connectivity index (χ1n) is 9.69. The number of hydrogen-bond donors (Lipinski definition) is 2. The predicted octanol–water partition coefficient (Wildman–Crippen LogP) is 2.43. The Morgan fingerprint density at radius 3 is 2.83 bits per heavy atom. The number of nitrogens with zero attached hydrogens (tertiary/aromatic N) is 4. The summed E-state index contributed by atoms with van der Waals surface area (Å²) in [5.41, 5.74) is 7.31. The fraction of sp³-hybridized carbons (Fsp3) is 0.182. The van der Waals surface area contributed by atoms with Crippen molar-refractivity contribution in [2.75, 3.05) is 29.9 Å². The van der Waals surface area contributed by atoms with Gasteiger partial charge in [0.15, 0.2) is 6.40 Å². The number of benzene rings is 1. The summed E-state index contributed by atoms with van der Waals surface area (Å²) in [6.45, 7) is 2.10. The molecule has 150 valence electrons. The van der Waals surface area contributed by atoms with Crippen LogP contribution in [0, 0.1) is 0 Å². The third kappa shape index (κ3) is 3.60. The second-order valence-corrected chi connectivity index (χ2v) is 7.31. The van der Waals surface area contributed by atoms with Crippen molar-refractivity contribution in [1.82, 2.24) is 9.97 Å². The van der Waals surface area contributed by atoms with Crippen LogP contribution in [-0.2, 0) is 4.74 Å². The smallest absolute Gasteiger partial charge is 0.257 e. The van der Waals surface area contributed by atoms with Crippen LogP contribution < -0.4 is 16.0 Å². The molecule has 8 heteroatoms. The molecule has 8 nitrogen and oxygen atoms in total. The average molecular weight is 400 g/mol. The van der Waals surface area contributed by atoms with E-state index in [-0.39, 0.29) is 11.9 Å². The van der Waals surface area contributed by atoms with Crippen LogP contribution in [0.3, 0.4) is 0 Å². The van der Waals surface area contributed by atoms with Crippen LogP contribution in [-0.4, -0.2) is 48.0 Å². The number of carbonyl (C=O) groups excluding carboxylic acids is 1. The van der Waals surface area contributed by atoms with Crippen molar-refractivity contribution >= 4 is 40.5 Å². The van der Waals surface area contributed by atoms with E-state index in [2.05, 4.69) is 20.3 Å². The summed E-state index contributed by atoms with van der Waals surface area (Å²) in [5.74, 6) is 1.77. The quantitative estimate of drug-likeness (QED) is 0.697. The fourth-order valence-electron chi connectivity index (χ4n) is 3.49. The van der Waals surface area contributed by atoms with Crippen LogP contribution in [0.5, 0.6) is 0 Å². The lowest BCUT2D eigenvalue weighted by Gasteiger charge is -2.37. The molecular formula is C22H20N6O2. The van der Waals surface area contributed by atoms with Crippen molar-refractivity contribution in [3.05, 3.63) is 66.0 Å². The molecule has 5 rings (SSSR count). The number of nitrogens with two attached hydrogens (primary N) is 1. The Balaban J connectivity index is 1.36. The topological polar surface area (TPSA) is 106 Å². The molecule has 1 saturated heterocycles. The van der Waals surface area contributed by atoms with Gasteiger partial charge < -0.3 is 20.7 Å². The van der Waals surface area contributed by atoms with Gasteiger partial charge in [0.05, 0.1) is 6.54 Å². The Kier molecular flexibility index (Phi) is 4.61. The Bertz CT molecular complexity index is 1180. The number of nitrogens with one attached hydrogen (secondary N) is 1. The molecule has 1 amide bonds. The summed E-state index contributed by atoms with van der Waals surface area (Å²) in [6, 6.07) is 11.4. The minimum absolute atomic E-state index is 0.165. The van der Waals surface area contributed by atoms with Gasteiger partial charge in [-0.2, -0.15) is 0 Å². The summed E-state index contributed by atoms with van der Waals surface area (Å²) in [4.78, 5) is 27.5. The highest BCUT2D eigenvalue weighted by Crippen LogP contribution is 2.24. The monoisotopic (exact) mass is 400 g/mol. The number of anilines is 2. The molecule has 30 heavy (non-hydrogen) atoms.